The number of esters is 1. The molecular formula is C20H18F3N3O3. The molecule has 1 aliphatic rings. The molecule has 3 aromatic rings. The summed E-state index contributed by atoms with van der Waals surface area (Å²) < 4.78 is 53.4. The third-order valence-electron chi connectivity index (χ3n) is 4.82. The van der Waals surface area contributed by atoms with Crippen molar-refractivity contribution < 1.29 is 27.1 Å². The van der Waals surface area contributed by atoms with Crippen LogP contribution in [0.25, 0.3) is 11.3 Å². The summed E-state index contributed by atoms with van der Waals surface area (Å²) in [7, 11) is 0. The highest BCUT2D eigenvalue weighted by Gasteiger charge is 2.46. The van der Waals surface area contributed by atoms with E-state index in [4.69, 9.17) is 9.15 Å². The summed E-state index contributed by atoms with van der Waals surface area (Å²) in [6.07, 6.45) is -1.18. The van der Waals surface area contributed by atoms with Gasteiger partial charge in [-0.2, -0.15) is 18.3 Å². The summed E-state index contributed by atoms with van der Waals surface area (Å²) in [5.41, 5.74) is 0.294. The van der Waals surface area contributed by atoms with Crippen LogP contribution in [0.1, 0.15) is 52.9 Å². The number of rotatable bonds is 4. The van der Waals surface area contributed by atoms with Crippen LogP contribution in [0, 0.1) is 0 Å². The Kier molecular flexibility index (Phi) is 4.68. The average Bonchev–Trinajstić information content (AvgIpc) is 3.24. The summed E-state index contributed by atoms with van der Waals surface area (Å²) in [6.45, 7) is 3.67. The molecule has 0 bridgehead atoms. The fourth-order valence-electron chi connectivity index (χ4n) is 3.60. The fraction of sp³-hybridized carbons (Fsp3) is 0.350. The first-order valence-corrected chi connectivity index (χ1v) is 9.17. The number of carbonyl (C=O) groups excluding carboxylic acids is 1. The van der Waals surface area contributed by atoms with E-state index in [0.29, 0.717) is 12.1 Å². The molecule has 0 saturated heterocycles. The minimum Gasteiger partial charge on any atom is -0.460 e. The average molecular weight is 405 g/mol. The van der Waals surface area contributed by atoms with Crippen molar-refractivity contribution >= 4 is 5.97 Å². The molecule has 0 radical (unpaired) electrons. The van der Waals surface area contributed by atoms with Crippen molar-refractivity contribution in [2.45, 2.75) is 38.9 Å². The summed E-state index contributed by atoms with van der Waals surface area (Å²) in [6, 6.07) is 5.42. The number of fused-ring (bicyclic) bond motifs is 3. The molecule has 6 nitrogen and oxygen atoms in total. The van der Waals surface area contributed by atoms with Gasteiger partial charge in [-0.3, -0.25) is 9.67 Å². The van der Waals surface area contributed by atoms with Crippen LogP contribution in [-0.4, -0.2) is 27.3 Å². The Bertz CT molecular complexity index is 1050. The molecule has 0 saturated carbocycles. The quantitative estimate of drug-likeness (QED) is 0.600. The number of aromatic nitrogens is 3. The van der Waals surface area contributed by atoms with Crippen molar-refractivity contribution in [3.63, 3.8) is 0 Å². The predicted octanol–water partition coefficient (Wildman–Crippen LogP) is 4.44. The van der Waals surface area contributed by atoms with Gasteiger partial charge >= 0.3 is 12.1 Å². The van der Waals surface area contributed by atoms with Gasteiger partial charge < -0.3 is 9.15 Å². The lowest BCUT2D eigenvalue weighted by Crippen LogP contribution is -2.15. The molecule has 9 heteroatoms. The van der Waals surface area contributed by atoms with Crippen LogP contribution < -0.4 is 0 Å². The van der Waals surface area contributed by atoms with Crippen LogP contribution in [0.15, 0.2) is 35.0 Å². The Morgan fingerprint density at radius 2 is 2.17 bits per heavy atom. The highest BCUT2D eigenvalue weighted by Crippen LogP contribution is 2.48. The van der Waals surface area contributed by atoms with E-state index < -0.39 is 23.5 Å². The lowest BCUT2D eigenvalue weighted by molar-refractivity contribution is -0.138. The van der Waals surface area contributed by atoms with Crippen LogP contribution >= 0.6 is 0 Å². The van der Waals surface area contributed by atoms with E-state index >= 15 is 0 Å². The number of nitrogens with zero attached hydrogens (tertiary/aromatic N) is 3. The number of ether oxygens (including phenoxy) is 1. The third-order valence-corrected chi connectivity index (χ3v) is 4.82. The number of alkyl halides is 3. The molecular weight excluding hydrogens is 387 g/mol. The minimum atomic E-state index is -4.79. The normalized spacial score (nSPS) is 15.7. The second-order valence-electron chi connectivity index (χ2n) is 6.88. The van der Waals surface area contributed by atoms with Gasteiger partial charge in [0, 0.05) is 24.4 Å². The zero-order valence-electron chi connectivity index (χ0n) is 15.8. The van der Waals surface area contributed by atoms with Gasteiger partial charge in [0.05, 0.1) is 30.1 Å². The number of halogens is 3. The van der Waals surface area contributed by atoms with Crippen molar-refractivity contribution in [2.75, 3.05) is 6.61 Å². The van der Waals surface area contributed by atoms with Gasteiger partial charge in [-0.25, -0.2) is 4.79 Å². The fourth-order valence-corrected chi connectivity index (χ4v) is 3.60. The maximum atomic E-state index is 13.9. The molecule has 1 aliphatic carbocycles. The monoisotopic (exact) mass is 405 g/mol. The summed E-state index contributed by atoms with van der Waals surface area (Å²) in [5.74, 6) is -1.96. The molecule has 0 fully saturated rings. The van der Waals surface area contributed by atoms with Crippen molar-refractivity contribution in [3.05, 3.63) is 58.9 Å². The van der Waals surface area contributed by atoms with Gasteiger partial charge in [-0.15, -0.1) is 0 Å². The van der Waals surface area contributed by atoms with E-state index in [1.165, 1.54) is 6.92 Å². The zero-order chi connectivity index (χ0) is 20.8. The molecule has 152 valence electrons. The minimum absolute atomic E-state index is 0.0537. The van der Waals surface area contributed by atoms with Crippen LogP contribution in [0.5, 0.6) is 0 Å². The molecule has 1 unspecified atom stereocenters. The first kappa shape index (κ1) is 19.2. The number of furan rings is 1. The third kappa shape index (κ3) is 3.41. The largest absolute Gasteiger partial charge is 0.460 e. The van der Waals surface area contributed by atoms with E-state index in [-0.39, 0.29) is 36.0 Å². The lowest BCUT2D eigenvalue weighted by Gasteiger charge is -2.17. The number of pyridine rings is 1. The Balaban J connectivity index is 1.85. The molecule has 1 atom stereocenters. The summed E-state index contributed by atoms with van der Waals surface area (Å²) in [5, 5.41) is 4.40. The molecule has 3 aromatic heterocycles. The molecule has 0 aromatic carbocycles. The molecule has 3 heterocycles. The Morgan fingerprint density at radius 3 is 2.83 bits per heavy atom. The number of hydrogen-bond acceptors (Lipinski definition) is 5. The van der Waals surface area contributed by atoms with Crippen LogP contribution in [0.3, 0.4) is 0 Å². The van der Waals surface area contributed by atoms with Crippen LogP contribution in [-0.2, 0) is 23.9 Å². The van der Waals surface area contributed by atoms with Crippen molar-refractivity contribution in [3.8, 4) is 11.3 Å². The van der Waals surface area contributed by atoms with E-state index in [1.807, 2.05) is 19.1 Å². The lowest BCUT2D eigenvalue weighted by atomic mass is 9.86. The predicted molar refractivity (Wildman–Crippen MR) is 96.3 cm³/mol. The Labute approximate surface area is 164 Å². The van der Waals surface area contributed by atoms with E-state index in [2.05, 4.69) is 10.1 Å². The second kappa shape index (κ2) is 7.06. The van der Waals surface area contributed by atoms with Crippen LogP contribution in [0.4, 0.5) is 13.2 Å². The molecule has 0 amide bonds. The van der Waals surface area contributed by atoms with E-state index in [1.54, 1.807) is 23.1 Å². The number of hydrogen-bond donors (Lipinski definition) is 0. The SMILES string of the molecule is CCOC(=O)c1oc2c(c1C(F)(F)F)-c1nn(Cc3ccccn3)cc1C(C)C2. The van der Waals surface area contributed by atoms with Crippen molar-refractivity contribution in [1.29, 1.82) is 0 Å². The van der Waals surface area contributed by atoms with E-state index in [9.17, 15) is 18.0 Å². The molecule has 4 rings (SSSR count). The Hall–Kier alpha value is -3.10. The first-order chi connectivity index (χ1) is 13.8. The molecule has 0 N–H and O–H groups in total. The first-order valence-electron chi connectivity index (χ1n) is 9.17. The summed E-state index contributed by atoms with van der Waals surface area (Å²) in [4.78, 5) is 16.3. The number of carbonyl (C=O) groups is 1. The zero-order valence-corrected chi connectivity index (χ0v) is 15.8. The van der Waals surface area contributed by atoms with Crippen molar-refractivity contribution in [1.82, 2.24) is 14.8 Å². The maximum Gasteiger partial charge on any atom is 0.421 e. The van der Waals surface area contributed by atoms with Gasteiger partial charge in [0.1, 0.15) is 11.3 Å². The second-order valence-corrected chi connectivity index (χ2v) is 6.88. The van der Waals surface area contributed by atoms with Gasteiger partial charge in [0.25, 0.3) is 0 Å². The highest BCUT2D eigenvalue weighted by molar-refractivity contribution is 5.92. The van der Waals surface area contributed by atoms with Gasteiger partial charge in [-0.1, -0.05) is 13.0 Å². The van der Waals surface area contributed by atoms with Crippen LogP contribution in [0.2, 0.25) is 0 Å². The molecule has 29 heavy (non-hydrogen) atoms. The van der Waals surface area contributed by atoms with Crippen molar-refractivity contribution in [2.24, 2.45) is 0 Å². The summed E-state index contributed by atoms with van der Waals surface area (Å²) >= 11 is 0. The smallest absolute Gasteiger partial charge is 0.421 e. The maximum absolute atomic E-state index is 13.9. The van der Waals surface area contributed by atoms with Gasteiger partial charge in [0.2, 0.25) is 5.76 Å². The van der Waals surface area contributed by atoms with E-state index in [0.717, 1.165) is 5.69 Å². The molecule has 0 spiro atoms. The Morgan fingerprint density at radius 1 is 1.38 bits per heavy atom. The highest BCUT2D eigenvalue weighted by atomic mass is 19.4. The molecule has 0 aliphatic heterocycles. The van der Waals surface area contributed by atoms with Gasteiger partial charge in [-0.05, 0) is 25.0 Å². The van der Waals surface area contributed by atoms with Gasteiger partial charge in [0.15, 0.2) is 0 Å². The standard InChI is InChI=1S/C20H18F3N3O3/c1-3-28-19(27)18-16(20(21,22)23)15-14(29-18)8-11(2)13-10-26(25-17(13)15)9-12-6-4-5-7-24-12/h4-7,10-11H,3,8-9H2,1-2H3. The topological polar surface area (TPSA) is 70.2 Å².